The molecule has 2 heterocycles. The molecule has 124 valence electrons. The maximum absolute atomic E-state index is 12.0. The van der Waals surface area contributed by atoms with Gasteiger partial charge < -0.3 is 14.9 Å². The summed E-state index contributed by atoms with van der Waals surface area (Å²) in [4.78, 5) is 20.2. The number of fused-ring (bicyclic) bond motifs is 1. The Morgan fingerprint density at radius 3 is 2.96 bits per heavy atom. The van der Waals surface area contributed by atoms with Crippen molar-refractivity contribution >= 4 is 34.4 Å². The fourth-order valence-electron chi connectivity index (χ4n) is 2.61. The Balaban J connectivity index is 2.08. The summed E-state index contributed by atoms with van der Waals surface area (Å²) in [6.45, 7) is 5.84. The first-order valence-electron chi connectivity index (χ1n) is 7.49. The number of thiazole rings is 1. The van der Waals surface area contributed by atoms with Gasteiger partial charge in [0.15, 0.2) is 0 Å². The lowest BCUT2D eigenvalue weighted by Crippen LogP contribution is -2.03. The number of rotatable bonds is 4. The summed E-state index contributed by atoms with van der Waals surface area (Å²) in [5.74, 6) is -0.342. The van der Waals surface area contributed by atoms with Gasteiger partial charge in [0.1, 0.15) is 9.88 Å². The number of esters is 1. The number of hydrogen-bond acceptors (Lipinski definition) is 6. The zero-order chi connectivity index (χ0) is 17.3. The molecule has 24 heavy (non-hydrogen) atoms. The van der Waals surface area contributed by atoms with E-state index in [2.05, 4.69) is 15.1 Å². The molecule has 2 N–H and O–H groups in total. The van der Waals surface area contributed by atoms with Gasteiger partial charge in [-0.2, -0.15) is 0 Å². The number of carbonyl (C=O) groups excluding carboxylic acids is 1. The molecule has 0 radical (unpaired) electrons. The molecule has 7 heteroatoms. The summed E-state index contributed by atoms with van der Waals surface area (Å²) in [6.07, 6.45) is 1.41. The molecule has 3 aromatic rings. The highest BCUT2D eigenvalue weighted by Gasteiger charge is 2.18. The molecule has 0 fully saturated rings. The van der Waals surface area contributed by atoms with Crippen LogP contribution in [-0.4, -0.2) is 34.0 Å². The predicted molar refractivity (Wildman–Crippen MR) is 94.2 cm³/mol. The van der Waals surface area contributed by atoms with Crippen molar-refractivity contribution < 1.29 is 14.7 Å². The molecule has 3 rings (SSSR count). The fraction of sp³-hybridized carbons (Fsp3) is 0.235. The van der Waals surface area contributed by atoms with Crippen LogP contribution in [0.25, 0.3) is 21.5 Å². The first kappa shape index (κ1) is 16.2. The first-order chi connectivity index (χ1) is 11.5. The molecule has 0 amide bonds. The highest BCUT2D eigenvalue weighted by molar-refractivity contribution is 7.17. The largest absolute Gasteiger partial charge is 0.462 e. The van der Waals surface area contributed by atoms with Crippen molar-refractivity contribution in [1.82, 2.24) is 9.97 Å². The minimum absolute atomic E-state index is 0.337. The van der Waals surface area contributed by atoms with Crippen LogP contribution < -0.4 is 0 Å². The Kier molecular flexibility index (Phi) is 4.35. The Labute approximate surface area is 142 Å². The van der Waals surface area contributed by atoms with E-state index < -0.39 is 0 Å². The second-order valence-corrected chi connectivity index (χ2v) is 6.32. The van der Waals surface area contributed by atoms with Crippen LogP contribution in [0.3, 0.4) is 0 Å². The van der Waals surface area contributed by atoms with Crippen LogP contribution in [0.4, 0.5) is 0 Å². The van der Waals surface area contributed by atoms with Gasteiger partial charge in [0.2, 0.25) is 0 Å². The van der Waals surface area contributed by atoms with Crippen molar-refractivity contribution in [3.63, 3.8) is 0 Å². The van der Waals surface area contributed by atoms with Crippen molar-refractivity contribution in [2.45, 2.75) is 20.8 Å². The minimum Gasteiger partial charge on any atom is -0.462 e. The summed E-state index contributed by atoms with van der Waals surface area (Å²) in [7, 11) is 0. The molecule has 0 aliphatic carbocycles. The van der Waals surface area contributed by atoms with E-state index in [0.717, 1.165) is 32.7 Å². The van der Waals surface area contributed by atoms with E-state index in [1.807, 2.05) is 25.1 Å². The van der Waals surface area contributed by atoms with E-state index in [0.29, 0.717) is 17.2 Å². The zero-order valence-electron chi connectivity index (χ0n) is 13.6. The van der Waals surface area contributed by atoms with E-state index in [4.69, 9.17) is 9.94 Å². The van der Waals surface area contributed by atoms with Gasteiger partial charge >= 0.3 is 5.97 Å². The quantitative estimate of drug-likeness (QED) is 0.325. The number of nitrogens with one attached hydrogen (secondary N) is 1. The number of oxime groups is 1. The highest BCUT2D eigenvalue weighted by atomic mass is 32.1. The van der Waals surface area contributed by atoms with Gasteiger partial charge in [0.25, 0.3) is 0 Å². The number of nitrogens with zero attached hydrogens (tertiary/aromatic N) is 2. The van der Waals surface area contributed by atoms with Crippen LogP contribution in [0.15, 0.2) is 23.4 Å². The van der Waals surface area contributed by atoms with Crippen molar-refractivity contribution in [3.05, 3.63) is 40.0 Å². The molecule has 0 spiro atoms. The maximum atomic E-state index is 12.0. The van der Waals surface area contributed by atoms with E-state index in [9.17, 15) is 4.79 Å². The molecule has 0 saturated carbocycles. The summed E-state index contributed by atoms with van der Waals surface area (Å²) < 4.78 is 5.06. The third-order valence-corrected chi connectivity index (χ3v) is 4.91. The van der Waals surface area contributed by atoms with Gasteiger partial charge in [0, 0.05) is 27.7 Å². The molecular formula is C17H17N3O3S. The van der Waals surface area contributed by atoms with Crippen molar-refractivity contribution in [1.29, 1.82) is 0 Å². The number of H-pyrrole nitrogens is 1. The maximum Gasteiger partial charge on any atom is 0.350 e. The lowest BCUT2D eigenvalue weighted by Gasteiger charge is -1.98. The Bertz CT molecular complexity index is 940. The van der Waals surface area contributed by atoms with E-state index in [1.54, 1.807) is 13.8 Å². The predicted octanol–water partition coefficient (Wildman–Crippen LogP) is 3.89. The van der Waals surface area contributed by atoms with Crippen LogP contribution in [0.2, 0.25) is 0 Å². The normalized spacial score (nSPS) is 11.5. The van der Waals surface area contributed by atoms with Gasteiger partial charge in [-0.1, -0.05) is 5.16 Å². The molecule has 0 aliphatic heterocycles. The molecule has 2 aromatic heterocycles. The summed E-state index contributed by atoms with van der Waals surface area (Å²) in [6, 6.07) is 5.88. The van der Waals surface area contributed by atoms with Gasteiger partial charge in [0.05, 0.1) is 18.5 Å². The number of carbonyl (C=O) groups is 1. The minimum atomic E-state index is -0.342. The number of aromatic nitrogens is 2. The number of benzene rings is 1. The van der Waals surface area contributed by atoms with Crippen molar-refractivity contribution in [2.24, 2.45) is 5.16 Å². The zero-order valence-corrected chi connectivity index (χ0v) is 14.4. The van der Waals surface area contributed by atoms with Gasteiger partial charge in [-0.05, 0) is 39.0 Å². The number of ether oxygens (including phenoxy) is 1. The SMILES string of the molecule is CCOC(=O)c1sc(-c2ccc3[nH]c(C)c(C=NO)c3c2)nc1C. The summed E-state index contributed by atoms with van der Waals surface area (Å²) in [5, 5.41) is 13.7. The van der Waals surface area contributed by atoms with Crippen molar-refractivity contribution in [3.8, 4) is 10.6 Å². The fourth-order valence-corrected chi connectivity index (χ4v) is 3.57. The standard InChI is InChI=1S/C17H17N3O3S/c1-4-23-17(21)15-10(3)20-16(24-15)11-5-6-14-12(7-11)13(8-18-22)9(2)19-14/h5-8,19,22H,4H2,1-3H3. The smallest absolute Gasteiger partial charge is 0.350 e. The highest BCUT2D eigenvalue weighted by Crippen LogP contribution is 2.32. The third-order valence-electron chi connectivity index (χ3n) is 3.73. The van der Waals surface area contributed by atoms with Crippen LogP contribution in [-0.2, 0) is 4.74 Å². The average Bonchev–Trinajstić information content (AvgIpc) is 3.08. The van der Waals surface area contributed by atoms with E-state index >= 15 is 0 Å². The molecule has 1 aromatic carbocycles. The molecule has 6 nitrogen and oxygen atoms in total. The molecule has 0 atom stereocenters. The summed E-state index contributed by atoms with van der Waals surface area (Å²) in [5.41, 5.74) is 4.26. The van der Waals surface area contributed by atoms with E-state index in [1.165, 1.54) is 17.6 Å². The van der Waals surface area contributed by atoms with Crippen LogP contribution >= 0.6 is 11.3 Å². The van der Waals surface area contributed by atoms with Gasteiger partial charge in [-0.25, -0.2) is 9.78 Å². The molecule has 0 unspecified atom stereocenters. The molecule has 0 bridgehead atoms. The van der Waals surface area contributed by atoms with Gasteiger partial charge in [-0.15, -0.1) is 11.3 Å². The number of hydrogen-bond donors (Lipinski definition) is 2. The molecular weight excluding hydrogens is 326 g/mol. The van der Waals surface area contributed by atoms with E-state index in [-0.39, 0.29) is 5.97 Å². The summed E-state index contributed by atoms with van der Waals surface area (Å²) >= 11 is 1.32. The second-order valence-electron chi connectivity index (χ2n) is 5.32. The van der Waals surface area contributed by atoms with Crippen LogP contribution in [0, 0.1) is 13.8 Å². The third kappa shape index (κ3) is 2.78. The lowest BCUT2D eigenvalue weighted by atomic mass is 10.1. The number of aryl methyl sites for hydroxylation is 2. The Hall–Kier alpha value is -2.67. The number of aromatic amines is 1. The lowest BCUT2D eigenvalue weighted by molar-refractivity contribution is 0.0531. The second kappa shape index (κ2) is 6.45. The first-order valence-corrected chi connectivity index (χ1v) is 8.31. The van der Waals surface area contributed by atoms with Crippen molar-refractivity contribution in [2.75, 3.05) is 6.61 Å². The van der Waals surface area contributed by atoms with Crippen LogP contribution in [0.1, 0.15) is 33.5 Å². The van der Waals surface area contributed by atoms with Gasteiger partial charge in [-0.3, -0.25) is 0 Å². The average molecular weight is 343 g/mol. The topological polar surface area (TPSA) is 87.6 Å². The Morgan fingerprint density at radius 2 is 2.25 bits per heavy atom. The molecule has 0 aliphatic rings. The molecule has 0 saturated heterocycles. The Morgan fingerprint density at radius 1 is 1.46 bits per heavy atom. The van der Waals surface area contributed by atoms with Crippen LogP contribution in [0.5, 0.6) is 0 Å². The monoisotopic (exact) mass is 343 g/mol.